The molecule has 0 bridgehead atoms. The summed E-state index contributed by atoms with van der Waals surface area (Å²) in [7, 11) is 1.37. The average molecular weight is 249 g/mol. The number of carboxylic acids is 1. The van der Waals surface area contributed by atoms with E-state index in [4.69, 9.17) is 5.11 Å². The Hall–Kier alpha value is -2.17. The summed E-state index contributed by atoms with van der Waals surface area (Å²) in [5.74, 6) is -1.81. The highest BCUT2D eigenvalue weighted by molar-refractivity contribution is 5.96. The highest BCUT2D eigenvalue weighted by atomic mass is 19.1. The van der Waals surface area contributed by atoms with Crippen molar-refractivity contribution >= 4 is 16.9 Å². The maximum absolute atomic E-state index is 13.8. The van der Waals surface area contributed by atoms with E-state index in [0.717, 1.165) is 4.57 Å². The quantitative estimate of drug-likeness (QED) is 0.884. The van der Waals surface area contributed by atoms with Crippen LogP contribution in [0.2, 0.25) is 0 Å². The van der Waals surface area contributed by atoms with E-state index in [9.17, 15) is 14.0 Å². The Bertz CT molecular complexity index is 703. The summed E-state index contributed by atoms with van der Waals surface area (Å²) in [6, 6.07) is 4.39. The summed E-state index contributed by atoms with van der Waals surface area (Å²) in [6.45, 7) is 1.74. The number of rotatable bonds is 2. The van der Waals surface area contributed by atoms with Gasteiger partial charge in [-0.3, -0.25) is 4.79 Å². The number of para-hydroxylation sites is 1. The van der Waals surface area contributed by atoms with Crippen molar-refractivity contribution < 1.29 is 14.3 Å². The van der Waals surface area contributed by atoms with Gasteiger partial charge >= 0.3 is 5.97 Å². The van der Waals surface area contributed by atoms with Crippen molar-refractivity contribution in [1.29, 1.82) is 0 Å². The summed E-state index contributed by atoms with van der Waals surface area (Å²) in [5.41, 5.74) is -0.445. The molecule has 0 saturated carbocycles. The predicted molar refractivity (Wildman–Crippen MR) is 65.5 cm³/mol. The van der Waals surface area contributed by atoms with Crippen LogP contribution in [-0.4, -0.2) is 15.6 Å². The van der Waals surface area contributed by atoms with E-state index in [0.29, 0.717) is 17.4 Å². The Morgan fingerprint density at radius 2 is 2.11 bits per heavy atom. The number of carbonyl (C=O) groups is 1. The van der Waals surface area contributed by atoms with Crippen LogP contribution in [-0.2, 0) is 13.5 Å². The van der Waals surface area contributed by atoms with Crippen molar-refractivity contribution in [3.05, 3.63) is 45.5 Å². The molecule has 1 N–H and O–H groups in total. The van der Waals surface area contributed by atoms with Gasteiger partial charge in [-0.1, -0.05) is 19.1 Å². The number of aryl methyl sites for hydroxylation is 2. The van der Waals surface area contributed by atoms with Gasteiger partial charge in [0.2, 0.25) is 0 Å². The number of hydrogen-bond donors (Lipinski definition) is 1. The molecule has 1 heterocycles. The number of aromatic nitrogens is 1. The van der Waals surface area contributed by atoms with Gasteiger partial charge in [-0.2, -0.15) is 0 Å². The van der Waals surface area contributed by atoms with Crippen molar-refractivity contribution in [1.82, 2.24) is 4.57 Å². The van der Waals surface area contributed by atoms with E-state index in [1.807, 2.05) is 0 Å². The van der Waals surface area contributed by atoms with E-state index in [-0.39, 0.29) is 11.1 Å². The molecule has 0 radical (unpaired) electrons. The molecular weight excluding hydrogens is 237 g/mol. The standard InChI is InChI=1S/C13H12FNO3/c1-3-7-8-5-4-6-9(14)11(8)15(2)12(16)10(7)13(17)18/h4-6H,3H2,1-2H3,(H,17,18). The fourth-order valence-electron chi connectivity index (χ4n) is 2.22. The number of nitrogens with zero attached hydrogens (tertiary/aromatic N) is 1. The smallest absolute Gasteiger partial charge is 0.341 e. The molecule has 0 atom stereocenters. The van der Waals surface area contributed by atoms with Crippen LogP contribution in [0.3, 0.4) is 0 Å². The monoisotopic (exact) mass is 249 g/mol. The van der Waals surface area contributed by atoms with Crippen molar-refractivity contribution in [2.45, 2.75) is 13.3 Å². The molecule has 2 rings (SSSR count). The molecule has 2 aromatic rings. The first-order valence-corrected chi connectivity index (χ1v) is 5.52. The van der Waals surface area contributed by atoms with Gasteiger partial charge < -0.3 is 9.67 Å². The molecule has 0 saturated heterocycles. The zero-order valence-corrected chi connectivity index (χ0v) is 10.0. The number of aromatic carboxylic acids is 1. The molecule has 0 amide bonds. The van der Waals surface area contributed by atoms with Gasteiger partial charge in [0.05, 0.1) is 5.52 Å². The lowest BCUT2D eigenvalue weighted by Gasteiger charge is -2.12. The average Bonchev–Trinajstić information content (AvgIpc) is 2.32. The predicted octanol–water partition coefficient (Wildman–Crippen LogP) is 1.94. The van der Waals surface area contributed by atoms with Crippen LogP contribution in [0.4, 0.5) is 4.39 Å². The van der Waals surface area contributed by atoms with Crippen LogP contribution >= 0.6 is 0 Å². The number of fused-ring (bicyclic) bond motifs is 1. The molecule has 94 valence electrons. The van der Waals surface area contributed by atoms with Crippen LogP contribution in [0.5, 0.6) is 0 Å². The Morgan fingerprint density at radius 1 is 1.44 bits per heavy atom. The van der Waals surface area contributed by atoms with E-state index in [2.05, 4.69) is 0 Å². The zero-order chi connectivity index (χ0) is 13.4. The Kier molecular flexibility index (Phi) is 2.90. The Morgan fingerprint density at radius 3 is 2.67 bits per heavy atom. The van der Waals surface area contributed by atoms with Gasteiger partial charge in [0.1, 0.15) is 11.4 Å². The van der Waals surface area contributed by atoms with E-state index in [1.165, 1.54) is 19.2 Å². The van der Waals surface area contributed by atoms with Gasteiger partial charge in [0.15, 0.2) is 0 Å². The molecule has 1 aromatic heterocycles. The summed E-state index contributed by atoms with van der Waals surface area (Å²) >= 11 is 0. The molecule has 0 aliphatic carbocycles. The minimum absolute atomic E-state index is 0.143. The molecule has 0 unspecified atom stereocenters. The number of carboxylic acid groups (broad SMARTS) is 1. The molecule has 0 spiro atoms. The van der Waals surface area contributed by atoms with Gasteiger partial charge in [-0.15, -0.1) is 0 Å². The van der Waals surface area contributed by atoms with Crippen molar-refractivity contribution in [2.75, 3.05) is 0 Å². The van der Waals surface area contributed by atoms with E-state index in [1.54, 1.807) is 13.0 Å². The van der Waals surface area contributed by atoms with Gasteiger partial charge in [-0.25, -0.2) is 9.18 Å². The van der Waals surface area contributed by atoms with Crippen molar-refractivity contribution in [3.8, 4) is 0 Å². The second-order valence-electron chi connectivity index (χ2n) is 4.01. The summed E-state index contributed by atoms with van der Waals surface area (Å²) in [6.07, 6.45) is 0.359. The van der Waals surface area contributed by atoms with Crippen molar-refractivity contribution in [2.24, 2.45) is 7.05 Å². The van der Waals surface area contributed by atoms with Gasteiger partial charge in [-0.05, 0) is 18.1 Å². The third kappa shape index (κ3) is 1.59. The maximum Gasteiger partial charge on any atom is 0.341 e. The minimum atomic E-state index is -1.28. The molecule has 0 aliphatic heterocycles. The van der Waals surface area contributed by atoms with Crippen LogP contribution in [0.25, 0.3) is 10.9 Å². The summed E-state index contributed by atoms with van der Waals surface area (Å²) in [4.78, 5) is 23.1. The summed E-state index contributed by atoms with van der Waals surface area (Å²) in [5, 5.41) is 9.59. The second-order valence-corrected chi connectivity index (χ2v) is 4.01. The minimum Gasteiger partial charge on any atom is -0.477 e. The number of hydrogen-bond acceptors (Lipinski definition) is 2. The lowest BCUT2D eigenvalue weighted by atomic mass is 10.0. The molecule has 0 aliphatic rings. The second kappa shape index (κ2) is 4.25. The van der Waals surface area contributed by atoms with Crippen LogP contribution in [0.15, 0.2) is 23.0 Å². The molecule has 18 heavy (non-hydrogen) atoms. The highest BCUT2D eigenvalue weighted by Gasteiger charge is 2.20. The summed E-state index contributed by atoms with van der Waals surface area (Å²) < 4.78 is 14.8. The third-order valence-electron chi connectivity index (χ3n) is 3.04. The van der Waals surface area contributed by atoms with Gasteiger partial charge in [0.25, 0.3) is 5.56 Å². The van der Waals surface area contributed by atoms with Crippen molar-refractivity contribution in [3.63, 3.8) is 0 Å². The number of benzene rings is 1. The third-order valence-corrected chi connectivity index (χ3v) is 3.04. The largest absolute Gasteiger partial charge is 0.477 e. The first-order valence-electron chi connectivity index (χ1n) is 5.52. The fourth-order valence-corrected chi connectivity index (χ4v) is 2.22. The lowest BCUT2D eigenvalue weighted by Crippen LogP contribution is -2.27. The van der Waals surface area contributed by atoms with Crippen LogP contribution in [0, 0.1) is 5.82 Å². The van der Waals surface area contributed by atoms with Crippen LogP contribution in [0.1, 0.15) is 22.8 Å². The molecular formula is C13H12FNO3. The molecule has 4 nitrogen and oxygen atoms in total. The van der Waals surface area contributed by atoms with Crippen LogP contribution < -0.4 is 5.56 Å². The Labute approximate surface area is 102 Å². The number of halogens is 1. The molecule has 5 heteroatoms. The molecule has 1 aromatic carbocycles. The SMILES string of the molecule is CCc1c(C(=O)O)c(=O)n(C)c2c(F)cccc12. The topological polar surface area (TPSA) is 59.3 Å². The normalized spacial score (nSPS) is 10.8. The maximum atomic E-state index is 13.8. The first-order chi connectivity index (χ1) is 8.49. The fraction of sp³-hybridized carbons (Fsp3) is 0.231. The van der Waals surface area contributed by atoms with E-state index >= 15 is 0 Å². The molecule has 0 fully saturated rings. The zero-order valence-electron chi connectivity index (χ0n) is 10.0. The van der Waals surface area contributed by atoms with E-state index < -0.39 is 17.3 Å². The Balaban J connectivity index is 3.12. The highest BCUT2D eigenvalue weighted by Crippen LogP contribution is 2.22. The lowest BCUT2D eigenvalue weighted by molar-refractivity contribution is 0.0693. The first kappa shape index (κ1) is 12.3. The van der Waals surface area contributed by atoms with Gasteiger partial charge in [0, 0.05) is 12.4 Å². The number of pyridine rings is 1.